The number of benzene rings is 2. The summed E-state index contributed by atoms with van der Waals surface area (Å²) in [5, 5.41) is 15.9. The van der Waals surface area contributed by atoms with E-state index in [9.17, 15) is 14.7 Å². The predicted octanol–water partition coefficient (Wildman–Crippen LogP) is 3.59. The Morgan fingerprint density at radius 1 is 1.18 bits per heavy atom. The number of fused-ring (bicyclic) bond motifs is 1. The van der Waals surface area contributed by atoms with Crippen molar-refractivity contribution in [1.82, 2.24) is 4.90 Å². The summed E-state index contributed by atoms with van der Waals surface area (Å²) in [5.74, 6) is 0.690. The van der Waals surface area contributed by atoms with E-state index in [1.54, 1.807) is 30.3 Å². The van der Waals surface area contributed by atoms with Crippen LogP contribution in [0, 0.1) is 5.92 Å². The van der Waals surface area contributed by atoms with Gasteiger partial charge in [-0.05, 0) is 61.6 Å². The number of nitrogens with zero attached hydrogens (tertiary/aromatic N) is 1. The summed E-state index contributed by atoms with van der Waals surface area (Å²) in [5.41, 5.74) is 2.97. The standard InChI is InChI=1S/C22H25N3O3/c1-14-9-21(27)24-19-8-7-17(11-20(19)23-14)22(28)25(12-15-5-6-15)13-16-3-2-4-18(26)10-16/h2-4,7-8,10-11,14-15,23,26H,5-6,9,12-13H2,1H3,(H,24,27). The number of amides is 2. The van der Waals surface area contributed by atoms with Gasteiger partial charge in [-0.1, -0.05) is 12.1 Å². The molecule has 0 radical (unpaired) electrons. The molecule has 3 N–H and O–H groups in total. The van der Waals surface area contributed by atoms with Crippen molar-refractivity contribution in [3.05, 3.63) is 53.6 Å². The number of phenolic OH excluding ortho intramolecular Hbond substituents is 1. The normalized spacial score (nSPS) is 18.5. The number of aromatic hydroxyl groups is 1. The molecule has 0 aromatic heterocycles. The Balaban J connectivity index is 1.58. The zero-order valence-electron chi connectivity index (χ0n) is 15.9. The summed E-state index contributed by atoms with van der Waals surface area (Å²) in [6.07, 6.45) is 2.70. The molecular weight excluding hydrogens is 354 g/mol. The van der Waals surface area contributed by atoms with Crippen LogP contribution < -0.4 is 10.6 Å². The van der Waals surface area contributed by atoms with Crippen LogP contribution in [0.2, 0.25) is 0 Å². The third kappa shape index (κ3) is 4.27. The van der Waals surface area contributed by atoms with Gasteiger partial charge in [0.1, 0.15) is 5.75 Å². The van der Waals surface area contributed by atoms with Crippen molar-refractivity contribution in [2.24, 2.45) is 5.92 Å². The Bertz CT molecular complexity index is 908. The first kappa shape index (κ1) is 18.3. The van der Waals surface area contributed by atoms with Gasteiger partial charge in [0.05, 0.1) is 11.4 Å². The molecule has 2 amide bonds. The van der Waals surface area contributed by atoms with Crippen LogP contribution >= 0.6 is 0 Å². The maximum Gasteiger partial charge on any atom is 0.254 e. The van der Waals surface area contributed by atoms with Crippen LogP contribution in [0.3, 0.4) is 0 Å². The Morgan fingerprint density at radius 2 is 2.00 bits per heavy atom. The van der Waals surface area contributed by atoms with Crippen LogP contribution in [0.1, 0.15) is 42.1 Å². The lowest BCUT2D eigenvalue weighted by atomic mass is 10.1. The largest absolute Gasteiger partial charge is 0.508 e. The molecule has 0 spiro atoms. The van der Waals surface area contributed by atoms with Gasteiger partial charge in [0.2, 0.25) is 5.91 Å². The van der Waals surface area contributed by atoms with Crippen LogP contribution in [0.4, 0.5) is 11.4 Å². The van der Waals surface area contributed by atoms with Crippen molar-refractivity contribution in [3.8, 4) is 5.75 Å². The van der Waals surface area contributed by atoms with Crippen molar-refractivity contribution in [1.29, 1.82) is 0 Å². The summed E-state index contributed by atoms with van der Waals surface area (Å²) in [7, 11) is 0. The van der Waals surface area contributed by atoms with E-state index in [-0.39, 0.29) is 23.6 Å². The Morgan fingerprint density at radius 3 is 2.75 bits per heavy atom. The zero-order valence-corrected chi connectivity index (χ0v) is 15.9. The summed E-state index contributed by atoms with van der Waals surface area (Å²) >= 11 is 0. The van der Waals surface area contributed by atoms with E-state index in [1.165, 1.54) is 0 Å². The van der Waals surface area contributed by atoms with Crippen molar-refractivity contribution < 1.29 is 14.7 Å². The van der Waals surface area contributed by atoms with Crippen LogP contribution in [0.25, 0.3) is 0 Å². The number of phenols is 1. The Kier molecular flexibility index (Phi) is 4.94. The van der Waals surface area contributed by atoms with E-state index in [2.05, 4.69) is 10.6 Å². The van der Waals surface area contributed by atoms with Gasteiger partial charge in [0, 0.05) is 31.1 Å². The minimum absolute atomic E-state index is 0.00135. The van der Waals surface area contributed by atoms with Gasteiger partial charge in [-0.2, -0.15) is 0 Å². The minimum Gasteiger partial charge on any atom is -0.508 e. The van der Waals surface area contributed by atoms with Crippen LogP contribution in [0.5, 0.6) is 5.75 Å². The fourth-order valence-electron chi connectivity index (χ4n) is 3.59. The fraction of sp³-hybridized carbons (Fsp3) is 0.364. The average molecular weight is 379 g/mol. The van der Waals surface area contributed by atoms with E-state index < -0.39 is 0 Å². The Labute approximate surface area is 164 Å². The third-order valence-electron chi connectivity index (χ3n) is 5.18. The highest BCUT2D eigenvalue weighted by Crippen LogP contribution is 2.32. The molecule has 4 rings (SSSR count). The second-order valence-corrected chi connectivity index (χ2v) is 7.86. The number of carbonyl (C=O) groups is 2. The lowest BCUT2D eigenvalue weighted by Gasteiger charge is -2.24. The van der Waals surface area contributed by atoms with E-state index in [1.807, 2.05) is 24.0 Å². The van der Waals surface area contributed by atoms with Gasteiger partial charge in [0.25, 0.3) is 5.91 Å². The monoisotopic (exact) mass is 379 g/mol. The molecule has 2 aromatic carbocycles. The maximum atomic E-state index is 13.3. The quantitative estimate of drug-likeness (QED) is 0.742. The van der Waals surface area contributed by atoms with Gasteiger partial charge >= 0.3 is 0 Å². The molecule has 1 saturated carbocycles. The first-order valence-corrected chi connectivity index (χ1v) is 9.75. The van der Waals surface area contributed by atoms with Gasteiger partial charge in [-0.15, -0.1) is 0 Å². The number of rotatable bonds is 5. The molecule has 28 heavy (non-hydrogen) atoms. The predicted molar refractivity (Wildman–Crippen MR) is 108 cm³/mol. The van der Waals surface area contributed by atoms with Crippen molar-refractivity contribution in [3.63, 3.8) is 0 Å². The third-order valence-corrected chi connectivity index (χ3v) is 5.18. The van der Waals surface area contributed by atoms with Gasteiger partial charge in [-0.3, -0.25) is 9.59 Å². The average Bonchev–Trinajstić information content (AvgIpc) is 3.46. The molecular formula is C22H25N3O3. The molecule has 0 bridgehead atoms. The second kappa shape index (κ2) is 7.54. The van der Waals surface area contributed by atoms with Crippen LogP contribution in [-0.2, 0) is 11.3 Å². The fourth-order valence-corrected chi connectivity index (χ4v) is 3.59. The first-order valence-electron chi connectivity index (χ1n) is 9.75. The van der Waals surface area contributed by atoms with E-state index >= 15 is 0 Å². The van der Waals surface area contributed by atoms with Gasteiger partial charge in [0.15, 0.2) is 0 Å². The number of anilines is 2. The van der Waals surface area contributed by atoms with E-state index in [0.29, 0.717) is 36.7 Å². The molecule has 1 atom stereocenters. The molecule has 6 heteroatoms. The second-order valence-electron chi connectivity index (χ2n) is 7.86. The molecule has 2 aliphatic rings. The molecule has 1 aliphatic heterocycles. The summed E-state index contributed by atoms with van der Waals surface area (Å²) in [6, 6.07) is 12.4. The number of hydrogen-bond donors (Lipinski definition) is 3. The molecule has 1 unspecified atom stereocenters. The number of carbonyl (C=O) groups excluding carboxylic acids is 2. The van der Waals surface area contributed by atoms with E-state index in [0.717, 1.165) is 24.1 Å². The van der Waals surface area contributed by atoms with Crippen molar-refractivity contribution in [2.45, 2.75) is 38.8 Å². The number of hydrogen-bond acceptors (Lipinski definition) is 4. The smallest absolute Gasteiger partial charge is 0.254 e. The minimum atomic E-state index is -0.0388. The summed E-state index contributed by atoms with van der Waals surface area (Å²) < 4.78 is 0. The van der Waals surface area contributed by atoms with Crippen LogP contribution in [-0.4, -0.2) is 34.4 Å². The van der Waals surface area contributed by atoms with Crippen molar-refractivity contribution >= 4 is 23.2 Å². The summed E-state index contributed by atoms with van der Waals surface area (Å²) in [6.45, 7) is 3.12. The highest BCUT2D eigenvalue weighted by atomic mass is 16.3. The van der Waals surface area contributed by atoms with Crippen molar-refractivity contribution in [2.75, 3.05) is 17.2 Å². The molecule has 2 aromatic rings. The first-order chi connectivity index (χ1) is 13.5. The summed E-state index contributed by atoms with van der Waals surface area (Å²) in [4.78, 5) is 27.0. The molecule has 0 saturated heterocycles. The molecule has 1 fully saturated rings. The van der Waals surface area contributed by atoms with Gasteiger partial charge in [-0.25, -0.2) is 0 Å². The highest BCUT2D eigenvalue weighted by molar-refractivity contribution is 6.00. The molecule has 1 heterocycles. The maximum absolute atomic E-state index is 13.3. The van der Waals surface area contributed by atoms with Crippen LogP contribution in [0.15, 0.2) is 42.5 Å². The number of nitrogens with one attached hydrogen (secondary N) is 2. The lowest BCUT2D eigenvalue weighted by Crippen LogP contribution is -2.32. The van der Waals surface area contributed by atoms with Gasteiger partial charge < -0.3 is 20.6 Å². The molecule has 146 valence electrons. The highest BCUT2D eigenvalue weighted by Gasteiger charge is 2.28. The topological polar surface area (TPSA) is 81.7 Å². The molecule has 1 aliphatic carbocycles. The lowest BCUT2D eigenvalue weighted by molar-refractivity contribution is -0.116. The van der Waals surface area contributed by atoms with E-state index in [4.69, 9.17) is 0 Å². The Hall–Kier alpha value is -3.02. The zero-order chi connectivity index (χ0) is 19.7. The molecule has 6 nitrogen and oxygen atoms in total. The SMILES string of the molecule is CC1CC(=O)Nc2ccc(C(=O)N(Cc3cccc(O)c3)CC3CC3)cc2N1.